The van der Waals surface area contributed by atoms with Crippen LogP contribution in [0.4, 0.5) is 0 Å². The van der Waals surface area contributed by atoms with E-state index in [1.54, 1.807) is 13.0 Å². The predicted molar refractivity (Wildman–Crippen MR) is 67.0 cm³/mol. The molecule has 3 nitrogen and oxygen atoms in total. The molecule has 3 heteroatoms. The molecule has 1 aromatic rings. The molecular weight excluding hydrogens is 214 g/mol. The average molecular weight is 233 g/mol. The molecule has 0 aromatic heterocycles. The molecule has 17 heavy (non-hydrogen) atoms. The number of rotatable bonds is 3. The maximum absolute atomic E-state index is 11.3. The molecule has 0 amide bonds. The molecule has 1 unspecified atom stereocenters. The van der Waals surface area contributed by atoms with Crippen molar-refractivity contribution in [1.82, 2.24) is 5.32 Å². The fraction of sp³-hybridized carbons (Fsp3) is 0.500. The molecule has 1 aromatic carbocycles. The molecule has 1 fully saturated rings. The van der Waals surface area contributed by atoms with Crippen LogP contribution in [0.3, 0.4) is 0 Å². The minimum Gasteiger partial charge on any atom is -0.388 e. The van der Waals surface area contributed by atoms with Crippen LogP contribution in [0.1, 0.15) is 41.8 Å². The highest BCUT2D eigenvalue weighted by Crippen LogP contribution is 2.29. The van der Waals surface area contributed by atoms with Crippen molar-refractivity contribution in [2.24, 2.45) is 5.92 Å². The second-order valence-corrected chi connectivity index (χ2v) is 4.71. The number of aliphatic hydroxyl groups is 1. The zero-order valence-corrected chi connectivity index (χ0v) is 10.1. The summed E-state index contributed by atoms with van der Waals surface area (Å²) in [6.07, 6.45) is 1.54. The third-order valence-electron chi connectivity index (χ3n) is 3.47. The minimum atomic E-state index is -0.448. The van der Waals surface area contributed by atoms with Crippen LogP contribution < -0.4 is 5.32 Å². The molecule has 1 atom stereocenters. The third kappa shape index (κ3) is 2.93. The van der Waals surface area contributed by atoms with Gasteiger partial charge in [0.1, 0.15) is 0 Å². The summed E-state index contributed by atoms with van der Waals surface area (Å²) in [5.74, 6) is 0.350. The third-order valence-corrected chi connectivity index (χ3v) is 3.47. The van der Waals surface area contributed by atoms with Gasteiger partial charge in [-0.1, -0.05) is 18.2 Å². The van der Waals surface area contributed by atoms with E-state index in [0.717, 1.165) is 31.5 Å². The van der Waals surface area contributed by atoms with Gasteiger partial charge in [-0.15, -0.1) is 0 Å². The number of carbonyl (C=O) groups is 1. The van der Waals surface area contributed by atoms with Gasteiger partial charge in [0.15, 0.2) is 5.78 Å². The van der Waals surface area contributed by atoms with Crippen LogP contribution in [0.25, 0.3) is 0 Å². The number of piperidine rings is 1. The maximum Gasteiger partial charge on any atom is 0.159 e. The number of hydrogen-bond acceptors (Lipinski definition) is 3. The van der Waals surface area contributed by atoms with Crippen molar-refractivity contribution in [2.45, 2.75) is 25.9 Å². The molecule has 0 aliphatic carbocycles. The van der Waals surface area contributed by atoms with Crippen molar-refractivity contribution in [2.75, 3.05) is 13.1 Å². The Morgan fingerprint density at radius 2 is 2.12 bits per heavy atom. The highest BCUT2D eigenvalue weighted by atomic mass is 16.3. The smallest absolute Gasteiger partial charge is 0.159 e. The fourth-order valence-corrected chi connectivity index (χ4v) is 2.37. The Kier molecular flexibility index (Phi) is 3.92. The molecule has 0 saturated carbocycles. The molecule has 0 bridgehead atoms. The predicted octanol–water partition coefficient (Wildman–Crippen LogP) is 1.92. The molecule has 1 aliphatic heterocycles. The number of Topliss-reactive ketones (excluding diaryl/α,β-unsaturated/α-hetero) is 1. The lowest BCUT2D eigenvalue weighted by Gasteiger charge is -2.27. The van der Waals surface area contributed by atoms with Crippen LogP contribution in [-0.4, -0.2) is 24.0 Å². The SMILES string of the molecule is CC(=O)c1cccc(C(O)C2CCNCC2)c1. The first-order valence-electron chi connectivity index (χ1n) is 6.18. The molecule has 1 heterocycles. The van der Waals surface area contributed by atoms with Gasteiger partial charge in [0.25, 0.3) is 0 Å². The van der Waals surface area contributed by atoms with Gasteiger partial charge < -0.3 is 10.4 Å². The number of carbonyl (C=O) groups excluding carboxylic acids is 1. The number of nitrogens with one attached hydrogen (secondary N) is 1. The fourth-order valence-electron chi connectivity index (χ4n) is 2.37. The highest BCUT2D eigenvalue weighted by Gasteiger charge is 2.23. The van der Waals surface area contributed by atoms with Gasteiger partial charge in [-0.25, -0.2) is 0 Å². The van der Waals surface area contributed by atoms with Gasteiger partial charge in [0, 0.05) is 5.56 Å². The molecule has 0 spiro atoms. The second kappa shape index (κ2) is 5.43. The Morgan fingerprint density at radius 1 is 1.41 bits per heavy atom. The van der Waals surface area contributed by atoms with E-state index >= 15 is 0 Å². The van der Waals surface area contributed by atoms with E-state index in [2.05, 4.69) is 5.32 Å². The van der Waals surface area contributed by atoms with E-state index in [1.807, 2.05) is 18.2 Å². The topological polar surface area (TPSA) is 49.3 Å². The summed E-state index contributed by atoms with van der Waals surface area (Å²) in [5, 5.41) is 13.6. The molecule has 2 N–H and O–H groups in total. The monoisotopic (exact) mass is 233 g/mol. The highest BCUT2D eigenvalue weighted by molar-refractivity contribution is 5.94. The lowest BCUT2D eigenvalue weighted by Crippen LogP contribution is -2.30. The van der Waals surface area contributed by atoms with Crippen molar-refractivity contribution in [3.8, 4) is 0 Å². The summed E-state index contributed by atoms with van der Waals surface area (Å²) < 4.78 is 0. The summed E-state index contributed by atoms with van der Waals surface area (Å²) >= 11 is 0. The largest absolute Gasteiger partial charge is 0.388 e. The van der Waals surface area contributed by atoms with Crippen molar-refractivity contribution in [1.29, 1.82) is 0 Å². The summed E-state index contributed by atoms with van der Waals surface area (Å²) in [4.78, 5) is 11.3. The Balaban J connectivity index is 2.14. The Morgan fingerprint density at radius 3 is 2.76 bits per heavy atom. The molecule has 2 rings (SSSR count). The lowest BCUT2D eigenvalue weighted by molar-refractivity contribution is 0.0887. The number of aliphatic hydroxyl groups excluding tert-OH is 1. The molecule has 92 valence electrons. The molecule has 1 saturated heterocycles. The average Bonchev–Trinajstić information content (AvgIpc) is 2.39. The van der Waals surface area contributed by atoms with Crippen LogP contribution in [-0.2, 0) is 0 Å². The van der Waals surface area contributed by atoms with Gasteiger partial charge in [-0.3, -0.25) is 4.79 Å². The van der Waals surface area contributed by atoms with Crippen LogP contribution in [0.5, 0.6) is 0 Å². The summed E-state index contributed by atoms with van der Waals surface area (Å²) in [6, 6.07) is 7.35. The lowest BCUT2D eigenvalue weighted by atomic mass is 9.87. The first kappa shape index (κ1) is 12.3. The van der Waals surface area contributed by atoms with E-state index in [0.29, 0.717) is 11.5 Å². The first-order valence-corrected chi connectivity index (χ1v) is 6.18. The summed E-state index contributed by atoms with van der Waals surface area (Å²) in [7, 11) is 0. The Hall–Kier alpha value is -1.19. The van der Waals surface area contributed by atoms with Crippen molar-refractivity contribution in [3.63, 3.8) is 0 Å². The maximum atomic E-state index is 11.3. The number of benzene rings is 1. The Labute approximate surface area is 102 Å². The van der Waals surface area contributed by atoms with Gasteiger partial charge in [0.2, 0.25) is 0 Å². The van der Waals surface area contributed by atoms with E-state index < -0.39 is 6.10 Å². The van der Waals surface area contributed by atoms with Gasteiger partial charge >= 0.3 is 0 Å². The summed E-state index contributed by atoms with van der Waals surface area (Å²) in [6.45, 7) is 3.48. The Bertz CT molecular complexity index is 397. The van der Waals surface area contributed by atoms with Gasteiger partial charge in [-0.2, -0.15) is 0 Å². The van der Waals surface area contributed by atoms with Crippen LogP contribution >= 0.6 is 0 Å². The van der Waals surface area contributed by atoms with E-state index in [9.17, 15) is 9.90 Å². The first-order chi connectivity index (χ1) is 8.18. The standard InChI is InChI=1S/C14H19NO2/c1-10(16)12-3-2-4-13(9-12)14(17)11-5-7-15-8-6-11/h2-4,9,11,14-15,17H,5-8H2,1H3. The van der Waals surface area contributed by atoms with E-state index in [-0.39, 0.29) is 5.78 Å². The molecule has 0 radical (unpaired) electrons. The zero-order chi connectivity index (χ0) is 12.3. The van der Waals surface area contributed by atoms with Crippen LogP contribution in [0.15, 0.2) is 24.3 Å². The second-order valence-electron chi connectivity index (χ2n) is 4.71. The van der Waals surface area contributed by atoms with Crippen molar-refractivity contribution in [3.05, 3.63) is 35.4 Å². The normalized spacial score (nSPS) is 18.9. The van der Waals surface area contributed by atoms with Crippen LogP contribution in [0.2, 0.25) is 0 Å². The number of ketones is 1. The van der Waals surface area contributed by atoms with Gasteiger partial charge in [0.05, 0.1) is 6.10 Å². The molecular formula is C14H19NO2. The van der Waals surface area contributed by atoms with E-state index in [4.69, 9.17) is 0 Å². The van der Waals surface area contributed by atoms with Crippen molar-refractivity contribution < 1.29 is 9.90 Å². The number of hydrogen-bond donors (Lipinski definition) is 2. The minimum absolute atomic E-state index is 0.0457. The van der Waals surface area contributed by atoms with Crippen molar-refractivity contribution >= 4 is 5.78 Å². The van der Waals surface area contributed by atoms with E-state index in [1.165, 1.54) is 0 Å². The van der Waals surface area contributed by atoms with Crippen LogP contribution in [0, 0.1) is 5.92 Å². The molecule has 1 aliphatic rings. The quantitative estimate of drug-likeness (QED) is 0.784. The van der Waals surface area contributed by atoms with Gasteiger partial charge in [-0.05, 0) is 50.4 Å². The summed E-state index contributed by atoms with van der Waals surface area (Å²) in [5.41, 5.74) is 1.54. The zero-order valence-electron chi connectivity index (χ0n) is 10.1.